The molecule has 1 N–H and O–H groups in total. The van der Waals surface area contributed by atoms with Gasteiger partial charge in [0.25, 0.3) is 0 Å². The largest absolute Gasteiger partial charge is 0.379 e. The number of hydrogen-bond donors (Lipinski definition) is 1. The van der Waals surface area contributed by atoms with Crippen LogP contribution in [0.4, 0.5) is 20.2 Å². The Morgan fingerprint density at radius 3 is 2.62 bits per heavy atom. The molecule has 0 spiro atoms. The first-order valence-electron chi connectivity index (χ1n) is 6.79. The average Bonchev–Trinajstić information content (AvgIpc) is 2.39. The Hall–Kier alpha value is -1.76. The summed E-state index contributed by atoms with van der Waals surface area (Å²) in [5.74, 6) is -2.02. The summed E-state index contributed by atoms with van der Waals surface area (Å²) in [4.78, 5) is 9.85. The standard InChI is InChI=1S/C14H18F2N2O3/c1-4-21-13-7-12(14(13,2)3)17-10-6-11(18(19)20)9(16)5-8(10)15/h5-6,12-13,17H,4,7H2,1-3H3. The minimum absolute atomic E-state index is 0.0542. The Labute approximate surface area is 121 Å². The monoisotopic (exact) mass is 300 g/mol. The number of nitro groups is 1. The van der Waals surface area contributed by atoms with Crippen molar-refractivity contribution in [1.29, 1.82) is 0 Å². The van der Waals surface area contributed by atoms with Crippen LogP contribution in [0.5, 0.6) is 0 Å². The lowest BCUT2D eigenvalue weighted by atomic mass is 9.64. The van der Waals surface area contributed by atoms with Gasteiger partial charge in [-0.15, -0.1) is 0 Å². The van der Waals surface area contributed by atoms with Crippen molar-refractivity contribution in [3.8, 4) is 0 Å². The van der Waals surface area contributed by atoms with Gasteiger partial charge in [0, 0.05) is 30.2 Å². The molecule has 0 aromatic heterocycles. The number of benzene rings is 1. The maximum Gasteiger partial charge on any atom is 0.307 e. The van der Waals surface area contributed by atoms with Crippen molar-refractivity contribution >= 4 is 11.4 Å². The molecule has 0 saturated heterocycles. The van der Waals surface area contributed by atoms with E-state index in [9.17, 15) is 18.9 Å². The van der Waals surface area contributed by atoms with Crippen molar-refractivity contribution in [2.24, 2.45) is 5.41 Å². The minimum atomic E-state index is -1.18. The zero-order chi connectivity index (χ0) is 15.8. The van der Waals surface area contributed by atoms with E-state index in [1.807, 2.05) is 20.8 Å². The second-order valence-electron chi connectivity index (χ2n) is 5.74. The molecule has 5 nitrogen and oxygen atoms in total. The van der Waals surface area contributed by atoms with Crippen molar-refractivity contribution in [3.05, 3.63) is 33.9 Å². The molecule has 1 aliphatic carbocycles. The smallest absolute Gasteiger partial charge is 0.307 e. The van der Waals surface area contributed by atoms with E-state index in [-0.39, 0.29) is 23.2 Å². The first-order chi connectivity index (χ1) is 9.77. The Morgan fingerprint density at radius 1 is 1.43 bits per heavy atom. The van der Waals surface area contributed by atoms with Crippen LogP contribution in [0.3, 0.4) is 0 Å². The maximum absolute atomic E-state index is 13.8. The van der Waals surface area contributed by atoms with Crippen molar-refractivity contribution < 1.29 is 18.4 Å². The van der Waals surface area contributed by atoms with Gasteiger partial charge in [-0.3, -0.25) is 10.1 Å². The van der Waals surface area contributed by atoms with Gasteiger partial charge in [0.05, 0.1) is 16.7 Å². The summed E-state index contributed by atoms with van der Waals surface area (Å²) in [7, 11) is 0. The molecule has 0 heterocycles. The number of nitro benzene ring substituents is 1. The molecule has 0 amide bonds. The average molecular weight is 300 g/mol. The van der Waals surface area contributed by atoms with Gasteiger partial charge in [-0.1, -0.05) is 13.8 Å². The summed E-state index contributed by atoms with van der Waals surface area (Å²) in [6.07, 6.45) is 0.726. The first kappa shape index (κ1) is 15.6. The third kappa shape index (κ3) is 2.83. The van der Waals surface area contributed by atoms with E-state index < -0.39 is 22.2 Å². The van der Waals surface area contributed by atoms with Gasteiger partial charge in [-0.25, -0.2) is 4.39 Å². The quantitative estimate of drug-likeness (QED) is 0.668. The highest BCUT2D eigenvalue weighted by Crippen LogP contribution is 2.44. The number of halogens is 2. The van der Waals surface area contributed by atoms with Gasteiger partial charge in [0.15, 0.2) is 0 Å². The van der Waals surface area contributed by atoms with Crippen LogP contribution >= 0.6 is 0 Å². The molecule has 116 valence electrons. The number of nitrogens with one attached hydrogen (secondary N) is 1. The summed E-state index contributed by atoms with van der Waals surface area (Å²) in [5, 5.41) is 13.6. The Balaban J connectivity index is 2.18. The molecule has 21 heavy (non-hydrogen) atoms. The van der Waals surface area contributed by atoms with Gasteiger partial charge in [0.1, 0.15) is 5.82 Å². The molecule has 0 aliphatic heterocycles. The molecule has 0 bridgehead atoms. The highest BCUT2D eigenvalue weighted by Gasteiger charge is 2.49. The fraction of sp³-hybridized carbons (Fsp3) is 0.571. The van der Waals surface area contributed by atoms with Crippen molar-refractivity contribution in [3.63, 3.8) is 0 Å². The van der Waals surface area contributed by atoms with Crippen LogP contribution in [0.2, 0.25) is 0 Å². The van der Waals surface area contributed by atoms with Crippen LogP contribution in [0.25, 0.3) is 0 Å². The van der Waals surface area contributed by atoms with E-state index in [2.05, 4.69) is 5.32 Å². The highest BCUT2D eigenvalue weighted by molar-refractivity contribution is 5.54. The molecule has 2 atom stereocenters. The van der Waals surface area contributed by atoms with Crippen molar-refractivity contribution in [2.75, 3.05) is 11.9 Å². The SMILES string of the molecule is CCOC1CC(Nc2cc([N+](=O)[O-])c(F)cc2F)C1(C)C. The normalized spacial score (nSPS) is 23.5. The number of anilines is 1. The third-order valence-corrected chi connectivity index (χ3v) is 4.11. The van der Waals surface area contributed by atoms with Gasteiger partial charge in [-0.05, 0) is 13.3 Å². The number of nitrogens with zero attached hydrogens (tertiary/aromatic N) is 1. The second-order valence-corrected chi connectivity index (χ2v) is 5.74. The second kappa shape index (κ2) is 5.55. The molecule has 1 saturated carbocycles. The number of rotatable bonds is 5. The van der Waals surface area contributed by atoms with Crippen LogP contribution in [-0.4, -0.2) is 23.7 Å². The number of hydrogen-bond acceptors (Lipinski definition) is 4. The summed E-state index contributed by atoms with van der Waals surface area (Å²) in [5.41, 5.74) is -1.03. The Morgan fingerprint density at radius 2 is 2.10 bits per heavy atom. The third-order valence-electron chi connectivity index (χ3n) is 4.11. The van der Waals surface area contributed by atoms with Crippen LogP contribution < -0.4 is 5.32 Å². The molecule has 2 unspecified atom stereocenters. The van der Waals surface area contributed by atoms with Crippen LogP contribution in [0.1, 0.15) is 27.2 Å². The predicted octanol–water partition coefficient (Wildman–Crippen LogP) is 3.49. The van der Waals surface area contributed by atoms with Crippen molar-refractivity contribution in [1.82, 2.24) is 0 Å². The lowest BCUT2D eigenvalue weighted by molar-refractivity contribution is -0.387. The van der Waals surface area contributed by atoms with E-state index in [1.54, 1.807) is 0 Å². The van der Waals surface area contributed by atoms with Crippen LogP contribution in [-0.2, 0) is 4.74 Å². The first-order valence-corrected chi connectivity index (χ1v) is 6.79. The summed E-state index contributed by atoms with van der Waals surface area (Å²) in [6.45, 7) is 6.45. The van der Waals surface area contributed by atoms with E-state index in [0.717, 1.165) is 6.07 Å². The molecular formula is C14H18F2N2O3. The van der Waals surface area contributed by atoms with Crippen molar-refractivity contribution in [2.45, 2.75) is 39.3 Å². The minimum Gasteiger partial charge on any atom is -0.379 e. The van der Waals surface area contributed by atoms with Gasteiger partial charge in [0.2, 0.25) is 5.82 Å². The summed E-state index contributed by atoms with van der Waals surface area (Å²) in [6, 6.07) is 1.34. The molecule has 7 heteroatoms. The molecule has 1 aromatic rings. The lowest BCUT2D eigenvalue weighted by Gasteiger charge is -2.52. The molecule has 1 aromatic carbocycles. The number of ether oxygens (including phenoxy) is 1. The molecular weight excluding hydrogens is 282 g/mol. The Kier molecular flexibility index (Phi) is 4.13. The van der Waals surface area contributed by atoms with Gasteiger partial charge < -0.3 is 10.1 Å². The zero-order valence-electron chi connectivity index (χ0n) is 12.2. The fourth-order valence-electron chi connectivity index (χ4n) is 2.59. The van der Waals surface area contributed by atoms with E-state index in [4.69, 9.17) is 4.74 Å². The van der Waals surface area contributed by atoms with E-state index >= 15 is 0 Å². The zero-order valence-corrected chi connectivity index (χ0v) is 12.2. The van der Waals surface area contributed by atoms with Crippen LogP contribution in [0, 0.1) is 27.2 Å². The topological polar surface area (TPSA) is 64.4 Å². The maximum atomic E-state index is 13.8. The van der Waals surface area contributed by atoms with E-state index in [1.165, 1.54) is 0 Å². The van der Waals surface area contributed by atoms with Gasteiger partial charge in [-0.2, -0.15) is 4.39 Å². The Bertz CT molecular complexity index is 563. The van der Waals surface area contributed by atoms with Crippen LogP contribution in [0.15, 0.2) is 12.1 Å². The fourth-order valence-corrected chi connectivity index (χ4v) is 2.59. The lowest BCUT2D eigenvalue weighted by Crippen LogP contribution is -2.58. The predicted molar refractivity (Wildman–Crippen MR) is 74.2 cm³/mol. The molecule has 2 rings (SSSR count). The summed E-state index contributed by atoms with van der Waals surface area (Å²) >= 11 is 0. The molecule has 1 aliphatic rings. The molecule has 1 fully saturated rings. The van der Waals surface area contributed by atoms with Gasteiger partial charge >= 0.3 is 5.69 Å². The highest BCUT2D eigenvalue weighted by atomic mass is 19.1. The molecule has 0 radical (unpaired) electrons. The van der Waals surface area contributed by atoms with E-state index in [0.29, 0.717) is 19.1 Å². The summed E-state index contributed by atoms with van der Waals surface area (Å²) < 4.78 is 32.6.